The van der Waals surface area contributed by atoms with Crippen LogP contribution in [0.3, 0.4) is 0 Å². The van der Waals surface area contributed by atoms with Crippen LogP contribution in [-0.4, -0.2) is 0 Å². The summed E-state index contributed by atoms with van der Waals surface area (Å²) in [5.41, 5.74) is 10.7. The van der Waals surface area contributed by atoms with Crippen LogP contribution in [-0.2, 0) is 0 Å². The largest absolute Gasteiger partial charge is 0.396 e. The van der Waals surface area contributed by atoms with Crippen LogP contribution in [0.2, 0.25) is 0 Å². The zero-order valence-electron chi connectivity index (χ0n) is 9.13. The fraction of sp³-hybridized carbons (Fsp3) is 0. The average Bonchev–Trinajstić information content (AvgIpc) is 2.30. The molecule has 0 aliphatic rings. The minimum Gasteiger partial charge on any atom is -0.396 e. The number of benzene rings is 2. The van der Waals surface area contributed by atoms with Crippen LogP contribution in [0.4, 0.5) is 20.2 Å². The minimum atomic E-state index is -0.385. The van der Waals surface area contributed by atoms with Crippen molar-refractivity contribution < 1.29 is 8.78 Å². The van der Waals surface area contributed by atoms with E-state index < -0.39 is 0 Å². The Kier molecular flexibility index (Phi) is 5.55. The van der Waals surface area contributed by atoms with Crippen LogP contribution in [0.5, 0.6) is 0 Å². The number of nitrogens with two attached hydrogens (primary N) is 2. The summed E-state index contributed by atoms with van der Waals surface area (Å²) >= 11 is 6.20. The molecule has 0 fully saturated rings. The first-order valence-corrected chi connectivity index (χ1v) is 6.40. The van der Waals surface area contributed by atoms with Gasteiger partial charge in [-0.15, -0.1) is 0 Å². The lowest BCUT2D eigenvalue weighted by molar-refractivity contribution is 0.631. The van der Waals surface area contributed by atoms with Crippen LogP contribution in [0.15, 0.2) is 45.3 Å². The minimum absolute atomic E-state index is 0.179. The maximum absolute atomic E-state index is 12.4. The SMILES string of the molecule is Nc1ccc(Br)cc1F.Nc1ccc(Br)cc1F. The molecule has 0 aliphatic carbocycles. The Morgan fingerprint density at radius 2 is 1.06 bits per heavy atom. The van der Waals surface area contributed by atoms with Gasteiger partial charge in [-0.05, 0) is 36.4 Å². The molecule has 0 unspecified atom stereocenters. The number of hydrogen-bond acceptors (Lipinski definition) is 2. The smallest absolute Gasteiger partial charge is 0.147 e. The summed E-state index contributed by atoms with van der Waals surface area (Å²) in [5, 5.41) is 0. The first-order chi connectivity index (χ1) is 8.40. The lowest BCUT2D eigenvalue weighted by Gasteiger charge is -1.93. The molecule has 0 radical (unpaired) electrons. The van der Waals surface area contributed by atoms with Crippen molar-refractivity contribution in [3.05, 3.63) is 57.0 Å². The zero-order chi connectivity index (χ0) is 13.7. The topological polar surface area (TPSA) is 52.0 Å². The third kappa shape index (κ3) is 4.62. The Hall–Kier alpha value is -1.14. The maximum Gasteiger partial charge on any atom is 0.147 e. The Morgan fingerprint density at radius 1 is 0.722 bits per heavy atom. The molecule has 2 nitrogen and oxygen atoms in total. The molecule has 0 heterocycles. The van der Waals surface area contributed by atoms with E-state index in [0.29, 0.717) is 8.95 Å². The first kappa shape index (κ1) is 14.9. The van der Waals surface area contributed by atoms with Crippen molar-refractivity contribution in [3.63, 3.8) is 0 Å². The summed E-state index contributed by atoms with van der Waals surface area (Å²) in [5.74, 6) is -0.770. The molecule has 0 amide bonds. The number of anilines is 2. The Morgan fingerprint density at radius 3 is 1.28 bits per heavy atom. The van der Waals surface area contributed by atoms with Crippen molar-refractivity contribution in [2.45, 2.75) is 0 Å². The lowest BCUT2D eigenvalue weighted by atomic mass is 10.3. The average molecular weight is 380 g/mol. The van der Waals surface area contributed by atoms with E-state index in [1.165, 1.54) is 24.3 Å². The molecule has 2 rings (SSSR count). The fourth-order valence-electron chi connectivity index (χ4n) is 1.00. The van der Waals surface area contributed by atoms with Gasteiger partial charge in [0, 0.05) is 8.95 Å². The highest BCUT2D eigenvalue weighted by Crippen LogP contribution is 2.16. The fourth-order valence-corrected chi connectivity index (χ4v) is 1.67. The maximum atomic E-state index is 12.4. The Balaban J connectivity index is 0.000000180. The van der Waals surface area contributed by atoms with Crippen LogP contribution < -0.4 is 11.5 Å². The van der Waals surface area contributed by atoms with Gasteiger partial charge in [-0.3, -0.25) is 0 Å². The van der Waals surface area contributed by atoms with E-state index in [0.717, 1.165) is 0 Å². The molecule has 0 aliphatic heterocycles. The molecular weight excluding hydrogens is 370 g/mol. The normalized spacial score (nSPS) is 9.56. The van der Waals surface area contributed by atoms with Gasteiger partial charge in [0.05, 0.1) is 11.4 Å². The molecule has 4 N–H and O–H groups in total. The molecule has 0 aromatic heterocycles. The molecule has 2 aromatic rings. The predicted molar refractivity (Wildman–Crippen MR) is 77.0 cm³/mol. The molecule has 2 aromatic carbocycles. The molecule has 0 spiro atoms. The third-order valence-electron chi connectivity index (χ3n) is 1.92. The second-order valence-corrected chi connectivity index (χ2v) is 5.16. The van der Waals surface area contributed by atoms with Crippen molar-refractivity contribution in [1.82, 2.24) is 0 Å². The van der Waals surface area contributed by atoms with E-state index in [2.05, 4.69) is 31.9 Å². The molecule has 0 saturated heterocycles. The third-order valence-corrected chi connectivity index (χ3v) is 2.91. The zero-order valence-corrected chi connectivity index (χ0v) is 12.3. The summed E-state index contributed by atoms with van der Waals surface area (Å²) < 4.78 is 26.3. The molecular formula is C12H10Br2F2N2. The molecule has 0 bridgehead atoms. The number of nitrogen functional groups attached to an aromatic ring is 2. The van der Waals surface area contributed by atoms with Gasteiger partial charge < -0.3 is 11.5 Å². The summed E-state index contributed by atoms with van der Waals surface area (Å²) in [7, 11) is 0. The molecule has 18 heavy (non-hydrogen) atoms. The van der Waals surface area contributed by atoms with Crippen molar-refractivity contribution in [3.8, 4) is 0 Å². The molecule has 6 heteroatoms. The summed E-state index contributed by atoms with van der Waals surface area (Å²) in [4.78, 5) is 0. The highest BCUT2D eigenvalue weighted by Gasteiger charge is 1.95. The van der Waals surface area contributed by atoms with E-state index in [9.17, 15) is 8.78 Å². The van der Waals surface area contributed by atoms with Gasteiger partial charge in [0.25, 0.3) is 0 Å². The van der Waals surface area contributed by atoms with Crippen molar-refractivity contribution >= 4 is 43.2 Å². The van der Waals surface area contributed by atoms with Gasteiger partial charge in [0.1, 0.15) is 11.6 Å². The van der Waals surface area contributed by atoms with Gasteiger partial charge in [-0.2, -0.15) is 0 Å². The second kappa shape index (κ2) is 6.70. The second-order valence-electron chi connectivity index (χ2n) is 3.33. The van der Waals surface area contributed by atoms with E-state index in [1.807, 2.05) is 0 Å². The Bertz CT molecular complexity index is 498. The van der Waals surface area contributed by atoms with Crippen LogP contribution in [0.25, 0.3) is 0 Å². The van der Waals surface area contributed by atoms with Crippen molar-refractivity contribution in [2.24, 2.45) is 0 Å². The van der Waals surface area contributed by atoms with Crippen LogP contribution in [0, 0.1) is 11.6 Å². The van der Waals surface area contributed by atoms with E-state index in [1.54, 1.807) is 12.1 Å². The predicted octanol–water partition coefficient (Wildman–Crippen LogP) is 4.34. The highest BCUT2D eigenvalue weighted by molar-refractivity contribution is 9.10. The van der Waals surface area contributed by atoms with Gasteiger partial charge in [0.15, 0.2) is 0 Å². The van der Waals surface area contributed by atoms with E-state index in [-0.39, 0.29) is 23.0 Å². The molecule has 0 atom stereocenters. The summed E-state index contributed by atoms with van der Waals surface area (Å²) in [6, 6.07) is 9.07. The summed E-state index contributed by atoms with van der Waals surface area (Å²) in [6.45, 7) is 0. The van der Waals surface area contributed by atoms with E-state index in [4.69, 9.17) is 11.5 Å². The van der Waals surface area contributed by atoms with Gasteiger partial charge in [0.2, 0.25) is 0 Å². The Labute approximate surface area is 120 Å². The number of halogens is 4. The van der Waals surface area contributed by atoms with Crippen molar-refractivity contribution in [1.29, 1.82) is 0 Å². The standard InChI is InChI=1S/2C6H5BrFN/c2*7-4-1-2-6(9)5(8)3-4/h2*1-3H,9H2. The van der Waals surface area contributed by atoms with Crippen LogP contribution in [0.1, 0.15) is 0 Å². The molecule has 96 valence electrons. The summed E-state index contributed by atoms with van der Waals surface area (Å²) in [6.07, 6.45) is 0. The number of hydrogen-bond donors (Lipinski definition) is 2. The number of rotatable bonds is 0. The van der Waals surface area contributed by atoms with Crippen LogP contribution >= 0.6 is 31.9 Å². The molecule has 0 saturated carbocycles. The van der Waals surface area contributed by atoms with Gasteiger partial charge >= 0.3 is 0 Å². The van der Waals surface area contributed by atoms with E-state index >= 15 is 0 Å². The monoisotopic (exact) mass is 378 g/mol. The van der Waals surface area contributed by atoms with Crippen molar-refractivity contribution in [2.75, 3.05) is 11.5 Å². The van der Waals surface area contributed by atoms with Gasteiger partial charge in [-0.1, -0.05) is 31.9 Å². The van der Waals surface area contributed by atoms with Gasteiger partial charge in [-0.25, -0.2) is 8.78 Å². The quantitative estimate of drug-likeness (QED) is 0.669. The highest BCUT2D eigenvalue weighted by atomic mass is 79.9. The lowest BCUT2D eigenvalue weighted by Crippen LogP contribution is -1.88. The first-order valence-electron chi connectivity index (χ1n) is 4.81.